The monoisotopic (exact) mass is 291 g/mol. The van der Waals surface area contributed by atoms with E-state index in [1.165, 1.54) is 6.42 Å². The van der Waals surface area contributed by atoms with Gasteiger partial charge in [-0.3, -0.25) is 0 Å². The van der Waals surface area contributed by atoms with Crippen molar-refractivity contribution in [3.05, 3.63) is 11.3 Å². The van der Waals surface area contributed by atoms with E-state index in [2.05, 4.69) is 11.4 Å². The van der Waals surface area contributed by atoms with E-state index in [0.29, 0.717) is 11.3 Å². The smallest absolute Gasteiger partial charge is 0.418 e. The van der Waals surface area contributed by atoms with E-state index < -0.39 is 18.2 Å². The van der Waals surface area contributed by atoms with Gasteiger partial charge in [-0.05, 0) is 32.6 Å². The van der Waals surface area contributed by atoms with Crippen LogP contribution in [0.25, 0.3) is 0 Å². The van der Waals surface area contributed by atoms with Crippen LogP contribution in [0.5, 0.6) is 0 Å². The SMILES string of the molecule is CCOC(=O)N1C(=O)NC(C)=C(C#N)C1C1CCCCC1. The third-order valence-electron chi connectivity index (χ3n) is 4.17. The molecule has 0 bridgehead atoms. The van der Waals surface area contributed by atoms with Gasteiger partial charge in [-0.2, -0.15) is 5.26 Å². The molecule has 21 heavy (non-hydrogen) atoms. The Morgan fingerprint density at radius 3 is 2.67 bits per heavy atom. The van der Waals surface area contributed by atoms with E-state index in [1.54, 1.807) is 13.8 Å². The molecule has 0 aromatic heterocycles. The highest BCUT2D eigenvalue weighted by Crippen LogP contribution is 2.35. The maximum Gasteiger partial charge on any atom is 0.418 e. The first-order chi connectivity index (χ1) is 10.1. The first-order valence-corrected chi connectivity index (χ1v) is 7.48. The summed E-state index contributed by atoms with van der Waals surface area (Å²) in [5, 5.41) is 12.0. The molecular weight excluding hydrogens is 270 g/mol. The summed E-state index contributed by atoms with van der Waals surface area (Å²) < 4.78 is 5.00. The van der Waals surface area contributed by atoms with Crippen molar-refractivity contribution in [3.8, 4) is 6.07 Å². The summed E-state index contributed by atoms with van der Waals surface area (Å²) in [6.45, 7) is 3.60. The number of ether oxygens (including phenoxy) is 1. The quantitative estimate of drug-likeness (QED) is 0.848. The fraction of sp³-hybridized carbons (Fsp3) is 0.667. The van der Waals surface area contributed by atoms with Crippen molar-refractivity contribution in [2.24, 2.45) is 5.92 Å². The van der Waals surface area contributed by atoms with Crippen LogP contribution in [0.2, 0.25) is 0 Å². The lowest BCUT2D eigenvalue weighted by Crippen LogP contribution is -2.56. The first kappa shape index (κ1) is 15.4. The molecule has 1 unspecified atom stereocenters. The molecule has 2 rings (SSSR count). The number of rotatable bonds is 2. The number of urea groups is 1. The van der Waals surface area contributed by atoms with E-state index in [1.807, 2.05) is 0 Å². The van der Waals surface area contributed by atoms with E-state index in [0.717, 1.165) is 30.6 Å². The van der Waals surface area contributed by atoms with Crippen LogP contribution in [-0.4, -0.2) is 29.7 Å². The average molecular weight is 291 g/mol. The van der Waals surface area contributed by atoms with Crippen LogP contribution in [0, 0.1) is 17.2 Å². The summed E-state index contributed by atoms with van der Waals surface area (Å²) in [6, 6.07) is 1.17. The van der Waals surface area contributed by atoms with Gasteiger partial charge in [-0.25, -0.2) is 14.5 Å². The third kappa shape index (κ3) is 3.02. The molecule has 2 aliphatic rings. The molecule has 0 aromatic rings. The van der Waals surface area contributed by atoms with Crippen molar-refractivity contribution in [1.29, 1.82) is 5.26 Å². The lowest BCUT2D eigenvalue weighted by atomic mass is 9.79. The lowest BCUT2D eigenvalue weighted by molar-refractivity contribution is 0.0888. The van der Waals surface area contributed by atoms with Gasteiger partial charge in [0.05, 0.1) is 24.3 Å². The molecule has 1 N–H and O–H groups in total. The number of allylic oxidation sites excluding steroid dienone is 1. The standard InChI is InChI=1S/C15H21N3O3/c1-3-21-15(20)18-13(11-7-5-4-6-8-11)12(9-16)10(2)17-14(18)19/h11,13H,3-8H2,1-2H3,(H,17,19). The molecule has 0 saturated heterocycles. The summed E-state index contributed by atoms with van der Waals surface area (Å²) in [4.78, 5) is 25.4. The highest BCUT2D eigenvalue weighted by atomic mass is 16.6. The van der Waals surface area contributed by atoms with Gasteiger partial charge >= 0.3 is 12.1 Å². The van der Waals surface area contributed by atoms with Crippen molar-refractivity contribution >= 4 is 12.1 Å². The van der Waals surface area contributed by atoms with Crippen LogP contribution in [0.4, 0.5) is 9.59 Å². The zero-order valence-corrected chi connectivity index (χ0v) is 12.5. The van der Waals surface area contributed by atoms with Gasteiger partial charge < -0.3 is 10.1 Å². The summed E-state index contributed by atoms with van der Waals surface area (Å²) in [5.74, 6) is 0.138. The predicted molar refractivity (Wildman–Crippen MR) is 76.1 cm³/mol. The number of carbonyl (C=O) groups is 2. The van der Waals surface area contributed by atoms with Gasteiger partial charge in [0.1, 0.15) is 0 Å². The predicted octanol–water partition coefficient (Wildman–Crippen LogP) is 2.91. The number of nitrogens with one attached hydrogen (secondary N) is 1. The minimum absolute atomic E-state index is 0.138. The Kier molecular flexibility index (Phi) is 4.84. The second-order valence-electron chi connectivity index (χ2n) is 5.49. The Morgan fingerprint density at radius 1 is 1.43 bits per heavy atom. The highest BCUT2D eigenvalue weighted by Gasteiger charge is 2.43. The van der Waals surface area contributed by atoms with Gasteiger partial charge in [0.2, 0.25) is 0 Å². The van der Waals surface area contributed by atoms with E-state index in [9.17, 15) is 14.9 Å². The van der Waals surface area contributed by atoms with Gasteiger partial charge in [0, 0.05) is 5.70 Å². The number of imide groups is 1. The second-order valence-corrected chi connectivity index (χ2v) is 5.49. The summed E-state index contributed by atoms with van der Waals surface area (Å²) >= 11 is 0. The number of carbonyl (C=O) groups excluding carboxylic acids is 2. The van der Waals surface area contributed by atoms with Crippen molar-refractivity contribution in [1.82, 2.24) is 10.2 Å². The van der Waals surface area contributed by atoms with Crippen molar-refractivity contribution in [2.45, 2.75) is 52.0 Å². The summed E-state index contributed by atoms with van der Waals surface area (Å²) in [6.07, 6.45) is 4.47. The zero-order chi connectivity index (χ0) is 15.4. The van der Waals surface area contributed by atoms with Gasteiger partial charge in [-0.15, -0.1) is 0 Å². The molecule has 114 valence electrons. The molecule has 3 amide bonds. The Balaban J connectivity index is 2.38. The fourth-order valence-electron chi connectivity index (χ4n) is 3.20. The van der Waals surface area contributed by atoms with E-state index >= 15 is 0 Å². The Bertz CT molecular complexity index is 501. The minimum Gasteiger partial charge on any atom is -0.449 e. The molecule has 1 aliphatic carbocycles. The third-order valence-corrected chi connectivity index (χ3v) is 4.17. The molecule has 1 aliphatic heterocycles. The zero-order valence-electron chi connectivity index (χ0n) is 12.5. The Hall–Kier alpha value is -2.03. The number of hydrogen-bond acceptors (Lipinski definition) is 4. The summed E-state index contributed by atoms with van der Waals surface area (Å²) in [5.41, 5.74) is 1.01. The molecular formula is C15H21N3O3. The highest BCUT2D eigenvalue weighted by molar-refractivity contribution is 5.94. The molecule has 0 radical (unpaired) electrons. The second kappa shape index (κ2) is 6.61. The van der Waals surface area contributed by atoms with E-state index in [-0.39, 0.29) is 12.5 Å². The van der Waals surface area contributed by atoms with Gasteiger partial charge in [-0.1, -0.05) is 19.3 Å². The molecule has 1 heterocycles. The minimum atomic E-state index is -0.675. The van der Waals surface area contributed by atoms with Gasteiger partial charge in [0.15, 0.2) is 0 Å². The maximum absolute atomic E-state index is 12.2. The van der Waals surface area contributed by atoms with Crippen molar-refractivity contribution < 1.29 is 14.3 Å². The topological polar surface area (TPSA) is 82.4 Å². The molecule has 0 aromatic carbocycles. The van der Waals surface area contributed by atoms with Gasteiger partial charge in [0.25, 0.3) is 0 Å². The largest absolute Gasteiger partial charge is 0.449 e. The number of nitrogens with zero attached hydrogens (tertiary/aromatic N) is 2. The van der Waals surface area contributed by atoms with Crippen LogP contribution in [0.3, 0.4) is 0 Å². The van der Waals surface area contributed by atoms with Crippen LogP contribution < -0.4 is 5.32 Å². The molecule has 1 saturated carbocycles. The normalized spacial score (nSPS) is 23.6. The van der Waals surface area contributed by atoms with Crippen LogP contribution in [0.1, 0.15) is 46.0 Å². The lowest BCUT2D eigenvalue weighted by Gasteiger charge is -2.39. The van der Waals surface area contributed by atoms with Crippen molar-refractivity contribution in [3.63, 3.8) is 0 Å². The summed E-state index contributed by atoms with van der Waals surface area (Å²) in [7, 11) is 0. The molecule has 6 heteroatoms. The Labute approximate surface area is 124 Å². The van der Waals surface area contributed by atoms with E-state index in [4.69, 9.17) is 4.74 Å². The molecule has 0 spiro atoms. The molecule has 1 atom stereocenters. The molecule has 1 fully saturated rings. The van der Waals surface area contributed by atoms with Crippen LogP contribution in [-0.2, 0) is 4.74 Å². The van der Waals surface area contributed by atoms with Crippen LogP contribution in [0.15, 0.2) is 11.3 Å². The number of hydrogen-bond donors (Lipinski definition) is 1. The fourth-order valence-corrected chi connectivity index (χ4v) is 3.20. The average Bonchev–Trinajstić information content (AvgIpc) is 2.47. The first-order valence-electron chi connectivity index (χ1n) is 7.48. The molecule has 6 nitrogen and oxygen atoms in total. The van der Waals surface area contributed by atoms with Crippen LogP contribution >= 0.6 is 0 Å². The van der Waals surface area contributed by atoms with Crippen molar-refractivity contribution in [2.75, 3.05) is 6.61 Å². The Morgan fingerprint density at radius 2 is 2.10 bits per heavy atom. The number of nitriles is 1. The maximum atomic E-state index is 12.2. The number of amides is 3.